The second-order valence-electron chi connectivity index (χ2n) is 10.1. The molecule has 48 heavy (non-hydrogen) atoms. The Bertz CT molecular complexity index is 1810. The number of guanidine groups is 2. The Morgan fingerprint density at radius 2 is 0.854 bits per heavy atom. The first-order valence-electron chi connectivity index (χ1n) is 14.3. The molecule has 252 valence electrons. The van der Waals surface area contributed by atoms with Crippen molar-refractivity contribution in [2.24, 2.45) is 20.3 Å². The van der Waals surface area contributed by atoms with Crippen LogP contribution in [0.1, 0.15) is 22.3 Å². The lowest BCUT2D eigenvalue weighted by Crippen LogP contribution is -2.43. The first kappa shape index (κ1) is 36.7. The van der Waals surface area contributed by atoms with E-state index >= 15 is 0 Å². The minimum Gasteiger partial charge on any atom is -0.369 e. The molecular formula is C32H36N8O6S2. The molecule has 4 aromatic rings. The van der Waals surface area contributed by atoms with Gasteiger partial charge >= 0.3 is 12.1 Å². The predicted molar refractivity (Wildman–Crippen MR) is 184 cm³/mol. The van der Waals surface area contributed by atoms with Gasteiger partial charge in [-0.1, -0.05) is 96.1 Å². The molecule has 0 atom stereocenters. The number of carbonyl (C=O) groups excluding carboxylic acids is 2. The zero-order valence-electron chi connectivity index (χ0n) is 26.1. The van der Waals surface area contributed by atoms with Crippen molar-refractivity contribution in [1.29, 1.82) is 0 Å². The van der Waals surface area contributed by atoms with E-state index in [1.165, 1.54) is 24.3 Å². The Balaban J connectivity index is 0.000000260. The fourth-order valence-corrected chi connectivity index (χ4v) is 5.49. The number of hydrogen-bond donors (Lipinski definition) is 6. The number of nitrogens with one attached hydrogen (secondary N) is 4. The van der Waals surface area contributed by atoms with Crippen molar-refractivity contribution in [1.82, 2.24) is 21.3 Å². The number of aryl methyl sites for hydroxylation is 2. The van der Waals surface area contributed by atoms with Crippen LogP contribution in [0.25, 0.3) is 0 Å². The third-order valence-electron chi connectivity index (χ3n) is 6.15. The smallest absolute Gasteiger partial charge is 0.321 e. The summed E-state index contributed by atoms with van der Waals surface area (Å²) in [6.45, 7) is 4.24. The lowest BCUT2D eigenvalue weighted by atomic mass is 10.2. The molecule has 0 aromatic heterocycles. The van der Waals surface area contributed by atoms with E-state index in [-0.39, 0.29) is 22.9 Å². The molecule has 0 bridgehead atoms. The number of nitrogens with zero attached hydrogens (tertiary/aromatic N) is 2. The van der Waals surface area contributed by atoms with Crippen molar-refractivity contribution < 1.29 is 26.4 Å². The van der Waals surface area contributed by atoms with Crippen LogP contribution in [0.5, 0.6) is 0 Å². The molecule has 0 saturated carbocycles. The minimum absolute atomic E-state index is 0.00236. The predicted octanol–water partition coefficient (Wildman–Crippen LogP) is 3.00. The molecule has 0 spiro atoms. The first-order chi connectivity index (χ1) is 22.7. The van der Waals surface area contributed by atoms with Crippen LogP contribution in [-0.2, 0) is 33.1 Å². The standard InChI is InChI=1S/2C16H18N4O3S/c2*1-12-7-9-14(10-8-12)24(22,23)20-15(17)19-16(21)18-11-13-5-3-2-4-6-13/h2*2-10H,11H2,1H3,(H4,17,18,19,20,21). The van der Waals surface area contributed by atoms with E-state index in [4.69, 9.17) is 11.5 Å². The number of sulfonamides is 2. The van der Waals surface area contributed by atoms with E-state index in [9.17, 15) is 26.4 Å². The molecule has 0 heterocycles. The highest BCUT2D eigenvalue weighted by Gasteiger charge is 2.15. The Kier molecular flexibility index (Phi) is 13.2. The quantitative estimate of drug-likeness (QED) is 0.119. The Hall–Kier alpha value is -5.74. The van der Waals surface area contributed by atoms with Gasteiger partial charge < -0.3 is 22.1 Å². The van der Waals surface area contributed by atoms with Gasteiger partial charge in [0, 0.05) is 13.1 Å². The maximum absolute atomic E-state index is 12.1. The molecule has 0 saturated heterocycles. The molecule has 14 nitrogen and oxygen atoms in total. The van der Waals surface area contributed by atoms with Gasteiger partial charge in [0.1, 0.15) is 0 Å². The molecule has 16 heteroatoms. The Morgan fingerprint density at radius 3 is 1.17 bits per heavy atom. The molecule has 4 rings (SSSR count). The van der Waals surface area contributed by atoms with Crippen molar-refractivity contribution in [2.75, 3.05) is 0 Å². The van der Waals surface area contributed by atoms with E-state index in [2.05, 4.69) is 30.1 Å². The molecule has 4 amide bonds. The molecule has 0 radical (unpaired) electrons. The summed E-state index contributed by atoms with van der Waals surface area (Å²) in [5, 5.41) is 9.49. The second kappa shape index (κ2) is 17.3. The maximum atomic E-state index is 12.1. The molecule has 0 aliphatic heterocycles. The zero-order chi connectivity index (χ0) is 35.2. The lowest BCUT2D eigenvalue weighted by molar-refractivity contribution is 0.244. The average molecular weight is 693 g/mol. The number of nitrogens with two attached hydrogens (primary N) is 2. The van der Waals surface area contributed by atoms with E-state index < -0.39 is 44.0 Å². The summed E-state index contributed by atoms with van der Waals surface area (Å²) in [4.78, 5) is 23.4. The zero-order valence-corrected chi connectivity index (χ0v) is 27.8. The van der Waals surface area contributed by atoms with Gasteiger partial charge in [-0.3, -0.25) is 10.6 Å². The highest BCUT2D eigenvalue weighted by atomic mass is 32.2. The van der Waals surface area contributed by atoms with Crippen LogP contribution < -0.4 is 32.7 Å². The largest absolute Gasteiger partial charge is 0.369 e. The summed E-state index contributed by atoms with van der Waals surface area (Å²) in [6.07, 6.45) is 0. The minimum atomic E-state index is -3.97. The van der Waals surface area contributed by atoms with Gasteiger partial charge in [-0.25, -0.2) is 9.59 Å². The highest BCUT2D eigenvalue weighted by Crippen LogP contribution is 2.14. The topological polar surface area (TPSA) is 227 Å². The van der Waals surface area contributed by atoms with Crippen LogP contribution >= 0.6 is 0 Å². The number of benzene rings is 4. The third kappa shape index (κ3) is 12.6. The molecular weight excluding hydrogens is 657 g/mol. The van der Waals surface area contributed by atoms with E-state index in [1.807, 2.05) is 74.5 Å². The van der Waals surface area contributed by atoms with Gasteiger partial charge in [-0.15, -0.1) is 8.80 Å². The van der Waals surface area contributed by atoms with Crippen molar-refractivity contribution in [2.45, 2.75) is 36.7 Å². The van der Waals surface area contributed by atoms with E-state index in [0.29, 0.717) is 0 Å². The van der Waals surface area contributed by atoms with Crippen LogP contribution in [-0.4, -0.2) is 40.8 Å². The second-order valence-corrected chi connectivity index (χ2v) is 13.3. The summed E-state index contributed by atoms with van der Waals surface area (Å²) < 4.78 is 55.1. The summed E-state index contributed by atoms with van der Waals surface area (Å²) >= 11 is 0. The number of amides is 4. The summed E-state index contributed by atoms with van der Waals surface area (Å²) in [5.74, 6) is -0.998. The van der Waals surface area contributed by atoms with Gasteiger partial charge in [0.25, 0.3) is 20.0 Å². The van der Waals surface area contributed by atoms with Crippen molar-refractivity contribution in [3.8, 4) is 0 Å². The first-order valence-corrected chi connectivity index (χ1v) is 17.1. The summed E-state index contributed by atoms with van der Waals surface area (Å²) in [6, 6.07) is 29.5. The van der Waals surface area contributed by atoms with Gasteiger partial charge in [0.05, 0.1) is 9.79 Å². The Labute approximate surface area is 279 Å². The van der Waals surface area contributed by atoms with Crippen LogP contribution in [0.4, 0.5) is 9.59 Å². The molecule has 0 aliphatic carbocycles. The van der Waals surface area contributed by atoms with Gasteiger partial charge in [-0.05, 0) is 49.2 Å². The number of urea groups is 2. The monoisotopic (exact) mass is 692 g/mol. The highest BCUT2D eigenvalue weighted by molar-refractivity contribution is 7.90. The molecule has 0 aliphatic rings. The fraction of sp³-hybridized carbons (Fsp3) is 0.125. The lowest BCUT2D eigenvalue weighted by Gasteiger charge is -2.07. The van der Waals surface area contributed by atoms with Crippen molar-refractivity contribution >= 4 is 44.0 Å². The van der Waals surface area contributed by atoms with Crippen LogP contribution in [0.3, 0.4) is 0 Å². The van der Waals surface area contributed by atoms with Crippen LogP contribution in [0, 0.1) is 13.8 Å². The number of carbonyl (C=O) groups is 2. The van der Waals surface area contributed by atoms with E-state index in [1.54, 1.807) is 24.3 Å². The average Bonchev–Trinajstić information content (AvgIpc) is 3.04. The van der Waals surface area contributed by atoms with Gasteiger partial charge in [-0.2, -0.15) is 16.8 Å². The number of hydrogen-bond acceptors (Lipinski definition) is 6. The summed E-state index contributed by atoms with van der Waals surface area (Å²) in [7, 11) is -7.94. The van der Waals surface area contributed by atoms with Crippen LogP contribution in [0.2, 0.25) is 0 Å². The van der Waals surface area contributed by atoms with E-state index in [0.717, 1.165) is 22.3 Å². The SMILES string of the molecule is Cc1ccc(S(=O)(=O)/N=C(\N)NC(=O)NCc2ccccc2)cc1.Cc1ccc(S(=O)(=O)/N=C(\N)NC(=O)NCc2ccccc2)cc1. The third-order valence-corrected chi connectivity index (χ3v) is 8.76. The normalized spacial score (nSPS) is 11.8. The molecule has 8 N–H and O–H groups in total. The van der Waals surface area contributed by atoms with Gasteiger partial charge in [0.15, 0.2) is 0 Å². The van der Waals surface area contributed by atoms with Crippen molar-refractivity contribution in [3.05, 3.63) is 131 Å². The number of rotatable bonds is 8. The Morgan fingerprint density at radius 1 is 0.542 bits per heavy atom. The maximum Gasteiger partial charge on any atom is 0.321 e. The molecule has 0 unspecified atom stereocenters. The van der Waals surface area contributed by atoms with Crippen molar-refractivity contribution in [3.63, 3.8) is 0 Å². The molecule has 4 aromatic carbocycles. The summed E-state index contributed by atoms with van der Waals surface area (Å²) in [5.41, 5.74) is 14.6. The van der Waals surface area contributed by atoms with Crippen LogP contribution in [0.15, 0.2) is 128 Å². The fourth-order valence-electron chi connectivity index (χ4n) is 3.71. The molecule has 0 fully saturated rings. The van der Waals surface area contributed by atoms with Gasteiger partial charge in [0.2, 0.25) is 11.9 Å².